The highest BCUT2D eigenvalue weighted by molar-refractivity contribution is 5.87. The molecule has 0 amide bonds. The number of fused-ring (bicyclic) bond motifs is 1. The van der Waals surface area contributed by atoms with Crippen molar-refractivity contribution in [1.29, 1.82) is 0 Å². The Balaban J connectivity index is 2.68. The smallest absolute Gasteiger partial charge is 0.341 e. The lowest BCUT2D eigenvalue weighted by Gasteiger charge is -2.11. The first kappa shape index (κ1) is 10.9. The van der Waals surface area contributed by atoms with Gasteiger partial charge >= 0.3 is 5.97 Å². The number of pyridine rings is 1. The van der Waals surface area contributed by atoms with E-state index in [1.165, 1.54) is 4.57 Å². The van der Waals surface area contributed by atoms with E-state index in [0.717, 1.165) is 30.5 Å². The van der Waals surface area contributed by atoms with Gasteiger partial charge in [0.1, 0.15) is 5.56 Å². The van der Waals surface area contributed by atoms with Gasteiger partial charge in [-0.05, 0) is 36.8 Å². The van der Waals surface area contributed by atoms with Gasteiger partial charge in [0.2, 0.25) is 0 Å². The molecule has 2 rings (SSSR count). The Morgan fingerprint density at radius 1 is 1.62 bits per heavy atom. The molecule has 1 N–H and O–H groups in total. The van der Waals surface area contributed by atoms with Crippen molar-refractivity contribution in [3.05, 3.63) is 33.2 Å². The number of carboxylic acid groups (broad SMARTS) is 1. The van der Waals surface area contributed by atoms with Crippen molar-refractivity contribution in [3.63, 3.8) is 0 Å². The largest absolute Gasteiger partial charge is 0.477 e. The van der Waals surface area contributed by atoms with Crippen LogP contribution in [0, 0.1) is 0 Å². The fourth-order valence-corrected chi connectivity index (χ4v) is 2.51. The molecule has 1 aromatic heterocycles. The Bertz CT molecular complexity index is 502. The summed E-state index contributed by atoms with van der Waals surface area (Å²) in [7, 11) is 1.66. The Morgan fingerprint density at radius 3 is 2.88 bits per heavy atom. The van der Waals surface area contributed by atoms with E-state index in [9.17, 15) is 9.59 Å². The van der Waals surface area contributed by atoms with E-state index in [1.807, 2.05) is 0 Å². The maximum atomic E-state index is 11.7. The molecule has 16 heavy (non-hydrogen) atoms. The van der Waals surface area contributed by atoms with Crippen molar-refractivity contribution in [3.8, 4) is 0 Å². The maximum absolute atomic E-state index is 11.7. The molecule has 0 aliphatic heterocycles. The number of aromatic carboxylic acids is 1. The number of nitrogens with zero attached hydrogens (tertiary/aromatic N) is 1. The predicted octanol–water partition coefficient (Wildman–Crippen LogP) is 1.52. The van der Waals surface area contributed by atoms with E-state index < -0.39 is 11.5 Å². The fourth-order valence-electron chi connectivity index (χ4n) is 2.51. The Hall–Kier alpha value is -1.58. The number of carbonyl (C=O) groups is 1. The zero-order valence-electron chi connectivity index (χ0n) is 9.49. The molecule has 4 heteroatoms. The average Bonchev–Trinajstić information content (AvgIpc) is 2.65. The zero-order chi connectivity index (χ0) is 11.9. The molecule has 1 aliphatic carbocycles. The second-order valence-corrected chi connectivity index (χ2v) is 4.27. The van der Waals surface area contributed by atoms with Gasteiger partial charge in [0.25, 0.3) is 5.56 Å². The Kier molecular flexibility index (Phi) is 2.58. The van der Waals surface area contributed by atoms with Gasteiger partial charge in [-0.1, -0.05) is 6.92 Å². The molecule has 0 aromatic carbocycles. The highest BCUT2D eigenvalue weighted by Crippen LogP contribution is 2.34. The fraction of sp³-hybridized carbons (Fsp3) is 0.500. The number of hydrogen-bond acceptors (Lipinski definition) is 2. The van der Waals surface area contributed by atoms with Gasteiger partial charge in [-0.2, -0.15) is 0 Å². The van der Waals surface area contributed by atoms with Crippen LogP contribution in [0.15, 0.2) is 10.9 Å². The van der Waals surface area contributed by atoms with Crippen molar-refractivity contribution < 1.29 is 9.90 Å². The minimum Gasteiger partial charge on any atom is -0.477 e. The van der Waals surface area contributed by atoms with E-state index in [-0.39, 0.29) is 5.56 Å². The molecule has 0 fully saturated rings. The van der Waals surface area contributed by atoms with Crippen LogP contribution in [0.3, 0.4) is 0 Å². The maximum Gasteiger partial charge on any atom is 0.341 e. The molecule has 1 aromatic rings. The summed E-state index contributed by atoms with van der Waals surface area (Å²) < 4.78 is 1.49. The lowest BCUT2D eigenvalue weighted by molar-refractivity contribution is 0.0694. The quantitative estimate of drug-likeness (QED) is 0.823. The van der Waals surface area contributed by atoms with Crippen LogP contribution in [0.2, 0.25) is 0 Å². The van der Waals surface area contributed by atoms with Crippen molar-refractivity contribution in [2.45, 2.75) is 32.1 Å². The minimum absolute atomic E-state index is 0.110. The van der Waals surface area contributed by atoms with Crippen LogP contribution in [-0.4, -0.2) is 15.6 Å². The first-order chi connectivity index (χ1) is 7.56. The summed E-state index contributed by atoms with van der Waals surface area (Å²) in [5, 5.41) is 8.97. The molecular weight excluding hydrogens is 206 g/mol. The topological polar surface area (TPSA) is 59.3 Å². The average molecular weight is 221 g/mol. The van der Waals surface area contributed by atoms with E-state index in [4.69, 9.17) is 5.11 Å². The Morgan fingerprint density at radius 2 is 2.31 bits per heavy atom. The van der Waals surface area contributed by atoms with Crippen molar-refractivity contribution in [2.75, 3.05) is 0 Å². The number of aromatic nitrogens is 1. The van der Waals surface area contributed by atoms with Gasteiger partial charge in [0.15, 0.2) is 0 Å². The second kappa shape index (κ2) is 3.77. The van der Waals surface area contributed by atoms with Crippen LogP contribution in [-0.2, 0) is 13.5 Å². The molecule has 0 radical (unpaired) electrons. The molecule has 0 spiro atoms. The van der Waals surface area contributed by atoms with Gasteiger partial charge in [-0.3, -0.25) is 4.79 Å². The van der Waals surface area contributed by atoms with Gasteiger partial charge in [-0.25, -0.2) is 4.79 Å². The van der Waals surface area contributed by atoms with Gasteiger partial charge in [0, 0.05) is 12.7 Å². The third-order valence-corrected chi connectivity index (χ3v) is 3.47. The van der Waals surface area contributed by atoms with Crippen LogP contribution < -0.4 is 5.56 Å². The molecule has 1 atom stereocenters. The summed E-state index contributed by atoms with van der Waals surface area (Å²) >= 11 is 0. The highest BCUT2D eigenvalue weighted by atomic mass is 16.4. The molecule has 0 saturated carbocycles. The van der Waals surface area contributed by atoms with Crippen molar-refractivity contribution in [2.24, 2.45) is 7.05 Å². The monoisotopic (exact) mass is 221 g/mol. The van der Waals surface area contributed by atoms with Gasteiger partial charge in [-0.15, -0.1) is 0 Å². The normalized spacial score (nSPS) is 18.5. The third-order valence-electron chi connectivity index (χ3n) is 3.47. The molecule has 4 nitrogen and oxygen atoms in total. The van der Waals surface area contributed by atoms with Crippen LogP contribution in [0.4, 0.5) is 0 Å². The number of rotatable bonds is 2. The Labute approximate surface area is 93.5 Å². The minimum atomic E-state index is -1.13. The van der Waals surface area contributed by atoms with Crippen LogP contribution in [0.5, 0.6) is 0 Å². The standard InChI is InChI=1S/C12H15NO3/c1-3-7-4-5-10-8(7)6-9(12(15)16)11(14)13(10)2/h6-7H,3-5H2,1-2H3,(H,15,16). The predicted molar refractivity (Wildman–Crippen MR) is 60.0 cm³/mol. The molecule has 1 heterocycles. The van der Waals surface area contributed by atoms with E-state index in [1.54, 1.807) is 13.1 Å². The van der Waals surface area contributed by atoms with Crippen molar-refractivity contribution in [1.82, 2.24) is 4.57 Å². The first-order valence-corrected chi connectivity index (χ1v) is 5.52. The number of carboxylic acids is 1. The molecule has 0 saturated heterocycles. The number of hydrogen-bond donors (Lipinski definition) is 1. The van der Waals surface area contributed by atoms with Gasteiger partial charge in [0.05, 0.1) is 0 Å². The van der Waals surface area contributed by atoms with Crippen LogP contribution >= 0.6 is 0 Å². The van der Waals surface area contributed by atoms with E-state index in [0.29, 0.717) is 5.92 Å². The zero-order valence-corrected chi connectivity index (χ0v) is 9.49. The molecule has 1 aliphatic rings. The van der Waals surface area contributed by atoms with Gasteiger partial charge < -0.3 is 9.67 Å². The SMILES string of the molecule is CCC1CCc2c1cc(C(=O)O)c(=O)n2C. The lowest BCUT2D eigenvalue weighted by Crippen LogP contribution is -2.27. The first-order valence-electron chi connectivity index (χ1n) is 5.52. The third kappa shape index (κ3) is 1.45. The van der Waals surface area contributed by atoms with Crippen LogP contribution in [0.25, 0.3) is 0 Å². The summed E-state index contributed by atoms with van der Waals surface area (Å²) in [6.45, 7) is 2.09. The van der Waals surface area contributed by atoms with E-state index >= 15 is 0 Å². The lowest BCUT2D eigenvalue weighted by atomic mass is 9.99. The molecule has 86 valence electrons. The summed E-state index contributed by atoms with van der Waals surface area (Å²) in [6, 6.07) is 1.57. The molecule has 1 unspecified atom stereocenters. The van der Waals surface area contributed by atoms with Crippen molar-refractivity contribution >= 4 is 5.97 Å². The summed E-state index contributed by atoms with van der Waals surface area (Å²) in [4.78, 5) is 22.7. The van der Waals surface area contributed by atoms with Crippen LogP contribution in [0.1, 0.15) is 47.3 Å². The highest BCUT2D eigenvalue weighted by Gasteiger charge is 2.26. The second-order valence-electron chi connectivity index (χ2n) is 4.27. The summed E-state index contributed by atoms with van der Waals surface area (Å²) in [5.74, 6) is -0.731. The molecular formula is C12H15NO3. The summed E-state index contributed by atoms with van der Waals surface area (Å²) in [6.07, 6.45) is 2.88. The summed E-state index contributed by atoms with van der Waals surface area (Å²) in [5.41, 5.74) is 1.54. The molecule has 0 bridgehead atoms. The van der Waals surface area contributed by atoms with E-state index in [2.05, 4.69) is 6.92 Å².